The molecule has 0 saturated heterocycles. The fourth-order valence-corrected chi connectivity index (χ4v) is 1.36. The Labute approximate surface area is 89.5 Å². The Kier molecular flexibility index (Phi) is 4.47. The molecule has 3 heteroatoms. The van der Waals surface area contributed by atoms with Gasteiger partial charge in [-0.15, -0.1) is 11.6 Å². The van der Waals surface area contributed by atoms with Crippen LogP contribution in [0.15, 0.2) is 30.3 Å². The SMILES string of the molecule is CCN(CC(=O)CCl)c1ccccc1. The molecule has 0 saturated carbocycles. The maximum Gasteiger partial charge on any atom is 0.166 e. The largest absolute Gasteiger partial charge is 0.364 e. The van der Waals surface area contributed by atoms with Crippen LogP contribution < -0.4 is 4.90 Å². The van der Waals surface area contributed by atoms with Crippen LogP contribution in [0, 0.1) is 0 Å². The highest BCUT2D eigenvalue weighted by Crippen LogP contribution is 2.12. The molecular formula is C11H14ClNO. The molecule has 1 aromatic rings. The first kappa shape index (κ1) is 11.1. The predicted octanol–water partition coefficient (Wildman–Crippen LogP) is 2.32. The molecule has 0 bridgehead atoms. The minimum atomic E-state index is 0.0531. The summed E-state index contributed by atoms with van der Waals surface area (Å²) in [5.74, 6) is 0.140. The molecular weight excluding hydrogens is 198 g/mol. The van der Waals surface area contributed by atoms with Crippen molar-refractivity contribution in [2.24, 2.45) is 0 Å². The quantitative estimate of drug-likeness (QED) is 0.697. The van der Waals surface area contributed by atoms with E-state index < -0.39 is 0 Å². The average Bonchev–Trinajstić information content (AvgIpc) is 2.26. The van der Waals surface area contributed by atoms with E-state index in [1.165, 1.54) is 0 Å². The molecule has 14 heavy (non-hydrogen) atoms. The number of nitrogens with zero attached hydrogens (tertiary/aromatic N) is 1. The highest BCUT2D eigenvalue weighted by molar-refractivity contribution is 6.28. The van der Waals surface area contributed by atoms with Crippen molar-refractivity contribution < 1.29 is 4.79 Å². The number of hydrogen-bond donors (Lipinski definition) is 0. The van der Waals surface area contributed by atoms with Crippen LogP contribution in [-0.4, -0.2) is 24.8 Å². The summed E-state index contributed by atoms with van der Waals surface area (Å²) in [6, 6.07) is 9.86. The standard InChI is InChI=1S/C11H14ClNO/c1-2-13(9-11(14)8-12)10-6-4-3-5-7-10/h3-7H,2,8-9H2,1H3. The first-order valence-electron chi connectivity index (χ1n) is 4.65. The summed E-state index contributed by atoms with van der Waals surface area (Å²) < 4.78 is 0. The van der Waals surface area contributed by atoms with Crippen LogP contribution >= 0.6 is 11.6 Å². The van der Waals surface area contributed by atoms with Crippen molar-refractivity contribution in [3.8, 4) is 0 Å². The maximum absolute atomic E-state index is 11.2. The number of Topliss-reactive ketones (excluding diaryl/α,β-unsaturated/α-hetero) is 1. The molecule has 0 unspecified atom stereocenters. The number of alkyl halides is 1. The van der Waals surface area contributed by atoms with Gasteiger partial charge in [-0.1, -0.05) is 18.2 Å². The van der Waals surface area contributed by atoms with Gasteiger partial charge < -0.3 is 4.90 Å². The van der Waals surface area contributed by atoms with E-state index in [4.69, 9.17) is 11.6 Å². The summed E-state index contributed by atoms with van der Waals surface area (Å²) in [4.78, 5) is 13.2. The van der Waals surface area contributed by atoms with Gasteiger partial charge in [0.25, 0.3) is 0 Å². The number of halogens is 1. The number of rotatable bonds is 5. The van der Waals surface area contributed by atoms with E-state index in [0.717, 1.165) is 12.2 Å². The smallest absolute Gasteiger partial charge is 0.166 e. The molecule has 0 aliphatic heterocycles. The molecule has 2 nitrogen and oxygen atoms in total. The number of ketones is 1. The molecule has 0 N–H and O–H groups in total. The highest BCUT2D eigenvalue weighted by atomic mass is 35.5. The monoisotopic (exact) mass is 211 g/mol. The first-order valence-corrected chi connectivity index (χ1v) is 5.19. The molecule has 0 amide bonds. The Bertz CT molecular complexity index is 287. The number of benzene rings is 1. The van der Waals surface area contributed by atoms with Crippen LogP contribution in [0.2, 0.25) is 0 Å². The third kappa shape index (κ3) is 3.04. The van der Waals surface area contributed by atoms with Crippen LogP contribution in [0.5, 0.6) is 0 Å². The zero-order valence-corrected chi connectivity index (χ0v) is 9.00. The van der Waals surface area contributed by atoms with E-state index in [-0.39, 0.29) is 11.7 Å². The minimum absolute atomic E-state index is 0.0531. The number of likely N-dealkylation sites (N-methyl/N-ethyl adjacent to an activating group) is 1. The van der Waals surface area contributed by atoms with Gasteiger partial charge in [-0.05, 0) is 19.1 Å². The van der Waals surface area contributed by atoms with Gasteiger partial charge in [-0.3, -0.25) is 4.79 Å². The van der Waals surface area contributed by atoms with E-state index in [9.17, 15) is 4.79 Å². The van der Waals surface area contributed by atoms with E-state index in [2.05, 4.69) is 0 Å². The summed E-state index contributed by atoms with van der Waals surface area (Å²) >= 11 is 5.46. The second-order valence-electron chi connectivity index (χ2n) is 3.02. The van der Waals surface area contributed by atoms with Crippen molar-refractivity contribution in [1.82, 2.24) is 0 Å². The summed E-state index contributed by atoms with van der Waals surface area (Å²) in [5, 5.41) is 0. The molecule has 1 rings (SSSR count). The van der Waals surface area contributed by atoms with Crippen molar-refractivity contribution >= 4 is 23.1 Å². The number of carbonyl (C=O) groups is 1. The van der Waals surface area contributed by atoms with Gasteiger partial charge in [0.15, 0.2) is 5.78 Å². The first-order chi connectivity index (χ1) is 6.77. The van der Waals surface area contributed by atoms with Crippen LogP contribution in [0.25, 0.3) is 0 Å². The van der Waals surface area contributed by atoms with E-state index >= 15 is 0 Å². The Morgan fingerprint density at radius 2 is 2.00 bits per heavy atom. The fraction of sp³-hybridized carbons (Fsp3) is 0.364. The molecule has 0 aromatic heterocycles. The number of anilines is 1. The minimum Gasteiger partial charge on any atom is -0.364 e. The second kappa shape index (κ2) is 5.66. The van der Waals surface area contributed by atoms with Gasteiger partial charge in [0.05, 0.1) is 12.4 Å². The predicted molar refractivity (Wildman–Crippen MR) is 60.1 cm³/mol. The topological polar surface area (TPSA) is 20.3 Å². The average molecular weight is 212 g/mol. The third-order valence-electron chi connectivity index (χ3n) is 2.02. The molecule has 0 fully saturated rings. The van der Waals surface area contributed by atoms with Gasteiger partial charge in [0.1, 0.15) is 0 Å². The van der Waals surface area contributed by atoms with E-state index in [0.29, 0.717) is 6.54 Å². The molecule has 0 heterocycles. The Balaban J connectivity index is 2.68. The van der Waals surface area contributed by atoms with Crippen molar-refractivity contribution in [2.45, 2.75) is 6.92 Å². The van der Waals surface area contributed by atoms with Gasteiger partial charge in [0.2, 0.25) is 0 Å². The molecule has 0 atom stereocenters. The van der Waals surface area contributed by atoms with Gasteiger partial charge in [-0.2, -0.15) is 0 Å². The Morgan fingerprint density at radius 1 is 1.36 bits per heavy atom. The third-order valence-corrected chi connectivity index (χ3v) is 2.32. The molecule has 76 valence electrons. The lowest BCUT2D eigenvalue weighted by atomic mass is 10.2. The Hall–Kier alpha value is -1.02. The van der Waals surface area contributed by atoms with Crippen LogP contribution in [0.3, 0.4) is 0 Å². The van der Waals surface area contributed by atoms with Gasteiger partial charge in [0, 0.05) is 12.2 Å². The van der Waals surface area contributed by atoms with Gasteiger partial charge >= 0.3 is 0 Å². The molecule has 0 aliphatic rings. The molecule has 0 radical (unpaired) electrons. The van der Waals surface area contributed by atoms with Crippen molar-refractivity contribution in [1.29, 1.82) is 0 Å². The number of para-hydroxylation sites is 1. The zero-order chi connectivity index (χ0) is 10.4. The van der Waals surface area contributed by atoms with Crippen LogP contribution in [-0.2, 0) is 4.79 Å². The highest BCUT2D eigenvalue weighted by Gasteiger charge is 2.07. The van der Waals surface area contributed by atoms with Crippen LogP contribution in [0.4, 0.5) is 5.69 Å². The Morgan fingerprint density at radius 3 is 2.50 bits per heavy atom. The van der Waals surface area contributed by atoms with Gasteiger partial charge in [-0.25, -0.2) is 0 Å². The number of carbonyl (C=O) groups excluding carboxylic acids is 1. The van der Waals surface area contributed by atoms with E-state index in [1.807, 2.05) is 42.2 Å². The summed E-state index contributed by atoms with van der Waals surface area (Å²) in [6.45, 7) is 3.23. The summed E-state index contributed by atoms with van der Waals surface area (Å²) in [7, 11) is 0. The maximum atomic E-state index is 11.2. The summed E-state index contributed by atoms with van der Waals surface area (Å²) in [6.07, 6.45) is 0. The zero-order valence-electron chi connectivity index (χ0n) is 8.24. The summed E-state index contributed by atoms with van der Waals surface area (Å²) in [5.41, 5.74) is 1.06. The number of hydrogen-bond acceptors (Lipinski definition) is 2. The molecule has 1 aromatic carbocycles. The second-order valence-corrected chi connectivity index (χ2v) is 3.29. The van der Waals surface area contributed by atoms with Crippen molar-refractivity contribution in [2.75, 3.05) is 23.9 Å². The fourth-order valence-electron chi connectivity index (χ4n) is 1.28. The van der Waals surface area contributed by atoms with Crippen LogP contribution in [0.1, 0.15) is 6.92 Å². The van der Waals surface area contributed by atoms with Crippen molar-refractivity contribution in [3.05, 3.63) is 30.3 Å². The normalized spacial score (nSPS) is 9.86. The van der Waals surface area contributed by atoms with Crippen molar-refractivity contribution in [3.63, 3.8) is 0 Å². The lowest BCUT2D eigenvalue weighted by Gasteiger charge is -2.21. The molecule has 0 aliphatic carbocycles. The lowest BCUT2D eigenvalue weighted by molar-refractivity contribution is -0.115. The van der Waals surface area contributed by atoms with E-state index in [1.54, 1.807) is 0 Å². The lowest BCUT2D eigenvalue weighted by Crippen LogP contribution is -2.30. The molecule has 0 spiro atoms.